The molecular weight excluding hydrogens is 259 g/mol. The van der Waals surface area contributed by atoms with E-state index in [4.69, 9.17) is 4.42 Å². The minimum Gasteiger partial charge on any atom is -0.467 e. The normalized spacial score (nSPS) is 11.9. The van der Waals surface area contributed by atoms with Crippen LogP contribution in [0.5, 0.6) is 0 Å². The molecule has 106 valence electrons. The van der Waals surface area contributed by atoms with Gasteiger partial charge >= 0.3 is 0 Å². The van der Waals surface area contributed by atoms with Crippen molar-refractivity contribution in [3.63, 3.8) is 0 Å². The molecule has 1 aromatic heterocycles. The van der Waals surface area contributed by atoms with Crippen molar-refractivity contribution in [3.05, 3.63) is 53.7 Å². The zero-order chi connectivity index (χ0) is 14.5. The number of benzene rings is 1. The van der Waals surface area contributed by atoms with Gasteiger partial charge in [-0.05, 0) is 43.7 Å². The summed E-state index contributed by atoms with van der Waals surface area (Å²) in [5, 5.41) is 5.54. The molecule has 0 spiro atoms. The van der Waals surface area contributed by atoms with Gasteiger partial charge in [-0.25, -0.2) is 4.39 Å². The number of furan rings is 1. The molecule has 0 fully saturated rings. The number of carbonyl (C=O) groups is 1. The zero-order valence-corrected chi connectivity index (χ0v) is 11.4. The number of nitrogens with one attached hydrogen (secondary N) is 2. The maximum atomic E-state index is 13.6. The van der Waals surface area contributed by atoms with E-state index in [1.165, 1.54) is 6.07 Å². The molecule has 20 heavy (non-hydrogen) atoms. The molecule has 0 saturated carbocycles. The van der Waals surface area contributed by atoms with Crippen molar-refractivity contribution in [1.82, 2.24) is 5.32 Å². The molecule has 2 aromatic rings. The van der Waals surface area contributed by atoms with Gasteiger partial charge in [0.2, 0.25) is 5.91 Å². The maximum absolute atomic E-state index is 13.6. The van der Waals surface area contributed by atoms with E-state index in [-0.39, 0.29) is 24.3 Å². The van der Waals surface area contributed by atoms with Crippen molar-refractivity contribution in [2.75, 3.05) is 11.9 Å². The highest BCUT2D eigenvalue weighted by Gasteiger charge is 2.12. The Balaban J connectivity index is 1.86. The summed E-state index contributed by atoms with van der Waals surface area (Å²) in [6.45, 7) is 3.64. The maximum Gasteiger partial charge on any atom is 0.239 e. The summed E-state index contributed by atoms with van der Waals surface area (Å²) in [7, 11) is 0. The lowest BCUT2D eigenvalue weighted by Crippen LogP contribution is -2.32. The Kier molecular flexibility index (Phi) is 4.40. The van der Waals surface area contributed by atoms with Gasteiger partial charge in [0, 0.05) is 0 Å². The SMILES string of the molecule is Cc1ccc(NCC(=O)NC(C)c2ccco2)c(F)c1. The quantitative estimate of drug-likeness (QED) is 0.882. The Bertz CT molecular complexity index is 582. The van der Waals surface area contributed by atoms with Gasteiger partial charge in [0.05, 0.1) is 24.5 Å². The van der Waals surface area contributed by atoms with Crippen LogP contribution in [0.25, 0.3) is 0 Å². The fraction of sp³-hybridized carbons (Fsp3) is 0.267. The van der Waals surface area contributed by atoms with Crippen LogP contribution in [-0.4, -0.2) is 12.5 Å². The lowest BCUT2D eigenvalue weighted by atomic mass is 10.2. The number of hydrogen-bond acceptors (Lipinski definition) is 3. The van der Waals surface area contributed by atoms with Crippen LogP contribution in [0, 0.1) is 12.7 Å². The summed E-state index contributed by atoms with van der Waals surface area (Å²) < 4.78 is 18.8. The second kappa shape index (κ2) is 6.23. The van der Waals surface area contributed by atoms with Crippen LogP contribution >= 0.6 is 0 Å². The van der Waals surface area contributed by atoms with Crippen molar-refractivity contribution in [3.8, 4) is 0 Å². The molecule has 0 radical (unpaired) electrons. The van der Waals surface area contributed by atoms with Crippen LogP contribution in [0.2, 0.25) is 0 Å². The number of aryl methyl sites for hydroxylation is 1. The zero-order valence-electron chi connectivity index (χ0n) is 11.4. The molecule has 2 rings (SSSR count). The second-order valence-corrected chi connectivity index (χ2v) is 4.64. The Morgan fingerprint density at radius 1 is 1.40 bits per heavy atom. The third-order valence-electron chi connectivity index (χ3n) is 2.91. The summed E-state index contributed by atoms with van der Waals surface area (Å²) in [4.78, 5) is 11.8. The molecule has 2 N–H and O–H groups in total. The largest absolute Gasteiger partial charge is 0.467 e. The first kappa shape index (κ1) is 14.1. The molecule has 1 heterocycles. The van der Waals surface area contributed by atoms with Crippen LogP contribution in [0.15, 0.2) is 41.0 Å². The van der Waals surface area contributed by atoms with E-state index in [0.29, 0.717) is 11.4 Å². The Morgan fingerprint density at radius 3 is 2.85 bits per heavy atom. The molecule has 0 aliphatic heterocycles. The van der Waals surface area contributed by atoms with E-state index in [1.807, 2.05) is 13.8 Å². The van der Waals surface area contributed by atoms with Crippen LogP contribution in [0.4, 0.5) is 10.1 Å². The predicted octanol–water partition coefficient (Wildman–Crippen LogP) is 3.02. The lowest BCUT2D eigenvalue weighted by Gasteiger charge is -2.13. The summed E-state index contributed by atoms with van der Waals surface area (Å²) in [5.41, 5.74) is 1.15. The molecule has 1 unspecified atom stereocenters. The summed E-state index contributed by atoms with van der Waals surface area (Å²) >= 11 is 0. The van der Waals surface area contributed by atoms with Gasteiger partial charge < -0.3 is 15.1 Å². The molecular formula is C15H17FN2O2. The third kappa shape index (κ3) is 3.60. The average Bonchev–Trinajstić information content (AvgIpc) is 2.91. The molecule has 0 aliphatic rings. The molecule has 5 heteroatoms. The first-order valence-corrected chi connectivity index (χ1v) is 6.39. The topological polar surface area (TPSA) is 54.3 Å². The number of rotatable bonds is 5. The van der Waals surface area contributed by atoms with Gasteiger partial charge in [0.25, 0.3) is 0 Å². The molecule has 0 aliphatic carbocycles. The number of hydrogen-bond donors (Lipinski definition) is 2. The first-order chi connectivity index (χ1) is 9.56. The van der Waals surface area contributed by atoms with Crippen molar-refractivity contribution in [2.24, 2.45) is 0 Å². The van der Waals surface area contributed by atoms with Crippen molar-refractivity contribution < 1.29 is 13.6 Å². The number of amides is 1. The standard InChI is InChI=1S/C15H17FN2O2/c1-10-5-6-13(12(16)8-10)17-9-15(19)18-11(2)14-4-3-7-20-14/h3-8,11,17H,9H2,1-2H3,(H,18,19). The molecule has 1 aromatic carbocycles. The predicted molar refractivity (Wildman–Crippen MR) is 74.9 cm³/mol. The Labute approximate surface area is 117 Å². The van der Waals surface area contributed by atoms with Crippen LogP contribution in [0.3, 0.4) is 0 Å². The van der Waals surface area contributed by atoms with Crippen LogP contribution < -0.4 is 10.6 Å². The minimum absolute atomic E-state index is 0.00499. The van der Waals surface area contributed by atoms with E-state index in [9.17, 15) is 9.18 Å². The number of halogens is 1. The van der Waals surface area contributed by atoms with Crippen molar-refractivity contribution >= 4 is 11.6 Å². The fourth-order valence-electron chi connectivity index (χ4n) is 1.84. The first-order valence-electron chi connectivity index (χ1n) is 6.39. The highest BCUT2D eigenvalue weighted by atomic mass is 19.1. The smallest absolute Gasteiger partial charge is 0.239 e. The summed E-state index contributed by atoms with van der Waals surface area (Å²) in [5.74, 6) is 0.0885. The summed E-state index contributed by atoms with van der Waals surface area (Å²) in [6.07, 6.45) is 1.55. The van der Waals surface area contributed by atoms with Gasteiger partial charge in [0.1, 0.15) is 11.6 Å². The van der Waals surface area contributed by atoms with Gasteiger partial charge in [-0.1, -0.05) is 6.07 Å². The van der Waals surface area contributed by atoms with E-state index in [2.05, 4.69) is 10.6 Å². The second-order valence-electron chi connectivity index (χ2n) is 4.64. The highest BCUT2D eigenvalue weighted by molar-refractivity contribution is 5.81. The molecule has 4 nitrogen and oxygen atoms in total. The van der Waals surface area contributed by atoms with E-state index in [0.717, 1.165) is 5.56 Å². The number of carbonyl (C=O) groups excluding carboxylic acids is 1. The van der Waals surface area contributed by atoms with E-state index >= 15 is 0 Å². The van der Waals surface area contributed by atoms with E-state index in [1.54, 1.807) is 30.5 Å². The van der Waals surface area contributed by atoms with Crippen molar-refractivity contribution in [2.45, 2.75) is 19.9 Å². The van der Waals surface area contributed by atoms with Crippen LogP contribution in [-0.2, 0) is 4.79 Å². The lowest BCUT2D eigenvalue weighted by molar-refractivity contribution is -0.120. The van der Waals surface area contributed by atoms with Crippen molar-refractivity contribution in [1.29, 1.82) is 0 Å². The molecule has 1 atom stereocenters. The third-order valence-corrected chi connectivity index (χ3v) is 2.91. The highest BCUT2D eigenvalue weighted by Crippen LogP contribution is 2.15. The molecule has 0 bridgehead atoms. The monoisotopic (exact) mass is 276 g/mol. The molecule has 1 amide bonds. The number of anilines is 1. The average molecular weight is 276 g/mol. The molecule has 0 saturated heterocycles. The van der Waals surface area contributed by atoms with Gasteiger partial charge in [0.15, 0.2) is 0 Å². The van der Waals surface area contributed by atoms with Gasteiger partial charge in [-0.15, -0.1) is 0 Å². The fourth-order valence-corrected chi connectivity index (χ4v) is 1.84. The minimum atomic E-state index is -0.364. The Hall–Kier alpha value is -2.30. The Morgan fingerprint density at radius 2 is 2.20 bits per heavy atom. The van der Waals surface area contributed by atoms with E-state index < -0.39 is 0 Å². The van der Waals surface area contributed by atoms with Gasteiger partial charge in [-0.3, -0.25) is 4.79 Å². The van der Waals surface area contributed by atoms with Crippen LogP contribution in [0.1, 0.15) is 24.3 Å². The summed E-state index contributed by atoms with van der Waals surface area (Å²) in [6, 6.07) is 8.16. The van der Waals surface area contributed by atoms with Gasteiger partial charge in [-0.2, -0.15) is 0 Å².